The number of hydrogen-bond donors (Lipinski definition) is 1. The molecule has 1 aromatic carbocycles. The molecule has 0 aliphatic heterocycles. The summed E-state index contributed by atoms with van der Waals surface area (Å²) in [7, 11) is 1.85. The van der Waals surface area contributed by atoms with Gasteiger partial charge in [-0.15, -0.1) is 10.2 Å². The summed E-state index contributed by atoms with van der Waals surface area (Å²) in [6.07, 6.45) is -0.248. The summed E-state index contributed by atoms with van der Waals surface area (Å²) in [6, 6.07) is 6.05. The predicted molar refractivity (Wildman–Crippen MR) is 85.9 cm³/mol. The minimum atomic E-state index is -0.380. The fourth-order valence-electron chi connectivity index (χ4n) is 2.12. The molecule has 0 aliphatic carbocycles. The van der Waals surface area contributed by atoms with Crippen molar-refractivity contribution in [3.05, 3.63) is 35.2 Å². The van der Waals surface area contributed by atoms with Crippen LogP contribution in [0.2, 0.25) is 0 Å². The van der Waals surface area contributed by atoms with E-state index < -0.39 is 0 Å². The fraction of sp³-hybridized carbons (Fsp3) is 0.400. The SMILES string of the molecule is Cc1ccc(OC(C)c2nnc(SCC(N)=O)n2C)c(C)c1. The Morgan fingerprint density at radius 2 is 2.14 bits per heavy atom. The highest BCUT2D eigenvalue weighted by atomic mass is 32.2. The molecule has 2 rings (SSSR count). The molecule has 1 heterocycles. The minimum absolute atomic E-state index is 0.179. The molecule has 118 valence electrons. The van der Waals surface area contributed by atoms with E-state index in [4.69, 9.17) is 10.5 Å². The normalized spacial score (nSPS) is 12.2. The number of carbonyl (C=O) groups excluding carboxylic acids is 1. The molecule has 0 spiro atoms. The largest absolute Gasteiger partial charge is 0.482 e. The molecular formula is C15H20N4O2S. The summed E-state index contributed by atoms with van der Waals surface area (Å²) in [5.74, 6) is 1.33. The van der Waals surface area contributed by atoms with E-state index in [-0.39, 0.29) is 17.8 Å². The van der Waals surface area contributed by atoms with Crippen LogP contribution in [0.5, 0.6) is 5.75 Å². The van der Waals surface area contributed by atoms with Gasteiger partial charge in [0.25, 0.3) is 0 Å². The number of amides is 1. The van der Waals surface area contributed by atoms with Gasteiger partial charge in [0.2, 0.25) is 5.91 Å². The van der Waals surface area contributed by atoms with E-state index in [0.717, 1.165) is 11.3 Å². The maximum absolute atomic E-state index is 10.8. The number of nitrogens with zero attached hydrogens (tertiary/aromatic N) is 3. The summed E-state index contributed by atoms with van der Waals surface area (Å²) in [5, 5.41) is 8.87. The zero-order chi connectivity index (χ0) is 16.3. The average molecular weight is 320 g/mol. The van der Waals surface area contributed by atoms with Gasteiger partial charge in [-0.1, -0.05) is 29.5 Å². The van der Waals surface area contributed by atoms with Gasteiger partial charge in [0, 0.05) is 7.05 Å². The van der Waals surface area contributed by atoms with Gasteiger partial charge in [0.1, 0.15) is 5.75 Å². The number of ether oxygens (including phenoxy) is 1. The van der Waals surface area contributed by atoms with Crippen molar-refractivity contribution in [2.24, 2.45) is 12.8 Å². The first-order valence-electron chi connectivity index (χ1n) is 6.92. The molecule has 6 nitrogen and oxygen atoms in total. The lowest BCUT2D eigenvalue weighted by molar-refractivity contribution is -0.115. The highest BCUT2D eigenvalue weighted by Crippen LogP contribution is 2.26. The van der Waals surface area contributed by atoms with E-state index in [1.54, 1.807) is 0 Å². The topological polar surface area (TPSA) is 83.0 Å². The Bertz CT molecular complexity index is 684. The number of aromatic nitrogens is 3. The number of rotatable bonds is 6. The van der Waals surface area contributed by atoms with Crippen LogP contribution in [0.3, 0.4) is 0 Å². The molecule has 1 atom stereocenters. The maximum Gasteiger partial charge on any atom is 0.227 e. The number of hydrogen-bond acceptors (Lipinski definition) is 5. The van der Waals surface area contributed by atoms with Gasteiger partial charge >= 0.3 is 0 Å². The van der Waals surface area contributed by atoms with E-state index in [1.807, 2.05) is 44.5 Å². The number of primary amides is 1. The molecule has 1 aromatic heterocycles. The molecule has 0 fully saturated rings. The minimum Gasteiger partial charge on any atom is -0.482 e. The fourth-order valence-corrected chi connectivity index (χ4v) is 2.77. The second kappa shape index (κ2) is 6.83. The molecule has 7 heteroatoms. The highest BCUT2D eigenvalue weighted by Gasteiger charge is 2.18. The van der Waals surface area contributed by atoms with E-state index in [2.05, 4.69) is 16.3 Å². The molecule has 1 amide bonds. The second-order valence-electron chi connectivity index (χ2n) is 5.18. The Morgan fingerprint density at radius 3 is 2.77 bits per heavy atom. The predicted octanol–water partition coefficient (Wildman–Crippen LogP) is 2.15. The molecule has 0 radical (unpaired) electrons. The van der Waals surface area contributed by atoms with E-state index in [9.17, 15) is 4.79 Å². The average Bonchev–Trinajstić information content (AvgIpc) is 2.81. The van der Waals surface area contributed by atoms with Crippen LogP contribution < -0.4 is 10.5 Å². The molecule has 0 saturated carbocycles. The number of benzene rings is 1. The van der Waals surface area contributed by atoms with Gasteiger partial charge < -0.3 is 15.0 Å². The Balaban J connectivity index is 2.12. The standard InChI is InChI=1S/C15H20N4O2S/c1-9-5-6-12(10(2)7-9)21-11(3)14-17-18-15(19(14)4)22-8-13(16)20/h5-7,11H,8H2,1-4H3,(H2,16,20). The van der Waals surface area contributed by atoms with Gasteiger partial charge in [-0.3, -0.25) is 4.79 Å². The van der Waals surface area contributed by atoms with Gasteiger partial charge in [0.15, 0.2) is 17.1 Å². The van der Waals surface area contributed by atoms with Crippen molar-refractivity contribution >= 4 is 17.7 Å². The van der Waals surface area contributed by atoms with Crippen molar-refractivity contribution < 1.29 is 9.53 Å². The molecule has 0 bridgehead atoms. The number of nitrogens with two attached hydrogens (primary N) is 1. The van der Waals surface area contributed by atoms with Crippen LogP contribution in [0.15, 0.2) is 23.4 Å². The molecule has 1 unspecified atom stereocenters. The number of thioether (sulfide) groups is 1. The molecule has 2 aromatic rings. The monoisotopic (exact) mass is 320 g/mol. The van der Waals surface area contributed by atoms with Crippen molar-refractivity contribution in [3.8, 4) is 5.75 Å². The van der Waals surface area contributed by atoms with Crippen molar-refractivity contribution in [2.45, 2.75) is 32.0 Å². The first kappa shape index (κ1) is 16.4. The zero-order valence-electron chi connectivity index (χ0n) is 13.2. The van der Waals surface area contributed by atoms with Crippen LogP contribution in [0.4, 0.5) is 0 Å². The van der Waals surface area contributed by atoms with Gasteiger partial charge in [0.05, 0.1) is 5.75 Å². The third kappa shape index (κ3) is 3.79. The van der Waals surface area contributed by atoms with Crippen molar-refractivity contribution in [1.29, 1.82) is 0 Å². The van der Waals surface area contributed by atoms with Gasteiger partial charge in [-0.2, -0.15) is 0 Å². The van der Waals surface area contributed by atoms with E-state index >= 15 is 0 Å². The highest BCUT2D eigenvalue weighted by molar-refractivity contribution is 7.99. The summed E-state index contributed by atoms with van der Waals surface area (Å²) >= 11 is 1.26. The molecule has 0 saturated heterocycles. The molecule has 0 aliphatic rings. The third-order valence-electron chi connectivity index (χ3n) is 3.21. The summed E-state index contributed by atoms with van der Waals surface area (Å²) in [4.78, 5) is 10.8. The van der Waals surface area contributed by atoms with Gasteiger partial charge in [-0.05, 0) is 32.4 Å². The first-order valence-corrected chi connectivity index (χ1v) is 7.91. The Hall–Kier alpha value is -2.02. The Labute approximate surface area is 134 Å². The molecule has 22 heavy (non-hydrogen) atoms. The second-order valence-corrected chi connectivity index (χ2v) is 6.13. The number of aryl methyl sites for hydroxylation is 2. The summed E-state index contributed by atoms with van der Waals surface area (Å²) in [6.45, 7) is 5.98. The van der Waals surface area contributed by atoms with Crippen LogP contribution in [0.25, 0.3) is 0 Å². The van der Waals surface area contributed by atoms with Crippen LogP contribution >= 0.6 is 11.8 Å². The lowest BCUT2D eigenvalue weighted by Crippen LogP contribution is -2.14. The van der Waals surface area contributed by atoms with Crippen molar-refractivity contribution in [3.63, 3.8) is 0 Å². The lowest BCUT2D eigenvalue weighted by Gasteiger charge is -2.16. The smallest absolute Gasteiger partial charge is 0.227 e. The van der Waals surface area contributed by atoms with E-state index in [0.29, 0.717) is 11.0 Å². The summed E-state index contributed by atoms with van der Waals surface area (Å²) < 4.78 is 7.80. The van der Waals surface area contributed by atoms with Crippen LogP contribution in [-0.4, -0.2) is 26.4 Å². The Kier molecular flexibility index (Phi) is 5.07. The lowest BCUT2D eigenvalue weighted by atomic mass is 10.1. The maximum atomic E-state index is 10.8. The van der Waals surface area contributed by atoms with Crippen molar-refractivity contribution in [2.75, 3.05) is 5.75 Å². The zero-order valence-corrected chi connectivity index (χ0v) is 14.0. The van der Waals surface area contributed by atoms with Crippen LogP contribution in [-0.2, 0) is 11.8 Å². The van der Waals surface area contributed by atoms with E-state index in [1.165, 1.54) is 17.3 Å². The quantitative estimate of drug-likeness (QED) is 0.825. The molecule has 2 N–H and O–H groups in total. The summed E-state index contributed by atoms with van der Waals surface area (Å²) in [5.41, 5.74) is 7.42. The Morgan fingerprint density at radius 1 is 1.41 bits per heavy atom. The van der Waals surface area contributed by atoms with Crippen LogP contribution in [0.1, 0.15) is 30.0 Å². The van der Waals surface area contributed by atoms with Gasteiger partial charge in [-0.25, -0.2) is 0 Å². The first-order chi connectivity index (χ1) is 10.4. The number of carbonyl (C=O) groups is 1. The van der Waals surface area contributed by atoms with Crippen LogP contribution in [0, 0.1) is 13.8 Å². The third-order valence-corrected chi connectivity index (χ3v) is 4.25. The van der Waals surface area contributed by atoms with Crippen molar-refractivity contribution in [1.82, 2.24) is 14.8 Å². The molecular weight excluding hydrogens is 300 g/mol.